The summed E-state index contributed by atoms with van der Waals surface area (Å²) in [6.07, 6.45) is 1.81. The van der Waals surface area contributed by atoms with Crippen LogP contribution in [0.2, 0.25) is 0 Å². The number of anilines is 1. The number of nitrogens with zero attached hydrogens (tertiary/aromatic N) is 7. The molecule has 1 aliphatic rings. The van der Waals surface area contributed by atoms with Gasteiger partial charge in [-0.05, 0) is 58.3 Å². The zero-order valence-corrected chi connectivity index (χ0v) is 24.3. The lowest BCUT2D eigenvalue weighted by Crippen LogP contribution is -2.47. The molecule has 4 aromatic rings. The molecular weight excluding hydrogens is 508 g/mol. The van der Waals surface area contributed by atoms with E-state index in [0.717, 1.165) is 61.7 Å². The summed E-state index contributed by atoms with van der Waals surface area (Å²) in [6, 6.07) is 10.6. The quantitative estimate of drug-likeness (QED) is 0.332. The second-order valence-corrected chi connectivity index (χ2v) is 11.5. The number of likely N-dealkylation sites (N-methyl/N-ethyl adjacent to an activating group) is 1. The van der Waals surface area contributed by atoms with Crippen LogP contribution in [0.1, 0.15) is 38.1 Å². The van der Waals surface area contributed by atoms with E-state index in [0.29, 0.717) is 29.3 Å². The van der Waals surface area contributed by atoms with Crippen LogP contribution in [0.25, 0.3) is 28.2 Å². The molecule has 0 spiro atoms. The lowest BCUT2D eigenvalue weighted by atomic mass is 10.1. The van der Waals surface area contributed by atoms with Crippen molar-refractivity contribution in [2.24, 2.45) is 0 Å². The Morgan fingerprint density at radius 3 is 2.38 bits per heavy atom. The maximum absolute atomic E-state index is 13.0. The first-order chi connectivity index (χ1) is 18.8. The fourth-order valence-corrected chi connectivity index (χ4v) is 5.73. The molecule has 0 bridgehead atoms. The van der Waals surface area contributed by atoms with Crippen LogP contribution in [-0.4, -0.2) is 98.5 Å². The van der Waals surface area contributed by atoms with Crippen molar-refractivity contribution in [3.8, 4) is 17.1 Å². The Bertz CT molecular complexity index is 1380. The van der Waals surface area contributed by atoms with Crippen molar-refractivity contribution in [1.29, 1.82) is 0 Å². The highest BCUT2D eigenvalue weighted by molar-refractivity contribution is 7.08. The average Bonchev–Trinajstić information content (AvgIpc) is 3.61. The minimum Gasteiger partial charge on any atom is -0.367 e. The van der Waals surface area contributed by atoms with Crippen LogP contribution in [-0.2, 0) is 0 Å². The van der Waals surface area contributed by atoms with Gasteiger partial charge in [-0.1, -0.05) is 12.1 Å². The predicted molar refractivity (Wildman–Crippen MR) is 159 cm³/mol. The van der Waals surface area contributed by atoms with Gasteiger partial charge < -0.3 is 15.1 Å². The molecule has 0 unspecified atom stereocenters. The predicted octanol–water partition coefficient (Wildman–Crippen LogP) is 4.46. The molecule has 5 rings (SSSR count). The van der Waals surface area contributed by atoms with E-state index >= 15 is 0 Å². The summed E-state index contributed by atoms with van der Waals surface area (Å²) in [5.74, 6) is 1.39. The molecule has 1 amide bonds. The van der Waals surface area contributed by atoms with Gasteiger partial charge in [0, 0.05) is 67.9 Å². The van der Waals surface area contributed by atoms with Gasteiger partial charge in [-0.3, -0.25) is 14.3 Å². The van der Waals surface area contributed by atoms with E-state index in [-0.39, 0.29) is 5.91 Å². The topological polar surface area (TPSA) is 82.4 Å². The van der Waals surface area contributed by atoms with E-state index in [9.17, 15) is 4.79 Å². The van der Waals surface area contributed by atoms with Gasteiger partial charge in [0.1, 0.15) is 6.33 Å². The Labute approximate surface area is 234 Å². The van der Waals surface area contributed by atoms with E-state index in [4.69, 9.17) is 9.97 Å². The summed E-state index contributed by atoms with van der Waals surface area (Å²) in [5.41, 5.74) is 4.07. The maximum Gasteiger partial charge on any atom is 0.253 e. The van der Waals surface area contributed by atoms with E-state index in [1.807, 2.05) is 45.4 Å². The Hall–Kier alpha value is -3.34. The number of hydrogen-bond acceptors (Lipinski definition) is 8. The molecule has 1 saturated heterocycles. The first-order valence-corrected chi connectivity index (χ1v) is 14.6. The molecule has 9 nitrogen and oxygen atoms in total. The first-order valence-electron chi connectivity index (χ1n) is 13.7. The van der Waals surface area contributed by atoms with Crippen LogP contribution in [0.15, 0.2) is 47.4 Å². The SMILES string of the molecule is CC(C)N(CCNc1nc(-c2ccc(C(=O)N3CCN(C)CC3)cc2)nc2c1ncn2-c1ccsc1)C(C)C. The Kier molecular flexibility index (Phi) is 8.25. The summed E-state index contributed by atoms with van der Waals surface area (Å²) >= 11 is 1.64. The molecule has 3 aromatic heterocycles. The molecule has 0 radical (unpaired) electrons. The molecule has 1 fully saturated rings. The highest BCUT2D eigenvalue weighted by Crippen LogP contribution is 2.27. The molecule has 4 heterocycles. The fourth-order valence-electron chi connectivity index (χ4n) is 5.11. The van der Waals surface area contributed by atoms with Gasteiger partial charge in [0.15, 0.2) is 22.8 Å². The minimum absolute atomic E-state index is 0.0729. The molecular formula is C29H38N8OS. The van der Waals surface area contributed by atoms with Gasteiger partial charge in [-0.15, -0.1) is 0 Å². The van der Waals surface area contributed by atoms with E-state index in [2.05, 4.69) is 66.3 Å². The average molecular weight is 547 g/mol. The molecule has 206 valence electrons. The van der Waals surface area contributed by atoms with Crippen molar-refractivity contribution in [1.82, 2.24) is 34.2 Å². The number of carbonyl (C=O) groups excluding carboxylic acids is 1. The second kappa shape index (κ2) is 11.8. The summed E-state index contributed by atoms with van der Waals surface area (Å²) in [6.45, 7) is 13.8. The van der Waals surface area contributed by atoms with Crippen LogP contribution in [0, 0.1) is 0 Å². The molecule has 0 saturated carbocycles. The van der Waals surface area contributed by atoms with Gasteiger partial charge >= 0.3 is 0 Å². The molecule has 0 atom stereocenters. The number of benzene rings is 1. The zero-order valence-electron chi connectivity index (χ0n) is 23.5. The van der Waals surface area contributed by atoms with Crippen LogP contribution in [0.4, 0.5) is 5.82 Å². The molecule has 10 heteroatoms. The van der Waals surface area contributed by atoms with Crippen LogP contribution >= 0.6 is 11.3 Å². The standard InChI is InChI=1S/C29H38N8OS/c1-20(2)36(21(3)4)12-11-30-27-25-28(37(19-31-25)24-10-17-39-18-24)33-26(32-27)22-6-8-23(9-7-22)29(38)35-15-13-34(5)14-16-35/h6-10,17-21H,11-16H2,1-5H3,(H,30,32,33). The number of piperazine rings is 1. The molecule has 1 N–H and O–H groups in total. The highest BCUT2D eigenvalue weighted by atomic mass is 32.1. The lowest BCUT2D eigenvalue weighted by molar-refractivity contribution is 0.0664. The van der Waals surface area contributed by atoms with Gasteiger partial charge in [-0.2, -0.15) is 11.3 Å². The minimum atomic E-state index is 0.0729. The van der Waals surface area contributed by atoms with Gasteiger partial charge in [0.25, 0.3) is 5.91 Å². The third-order valence-corrected chi connectivity index (χ3v) is 8.02. The number of carbonyl (C=O) groups is 1. The van der Waals surface area contributed by atoms with Crippen LogP contribution in [0.5, 0.6) is 0 Å². The summed E-state index contributed by atoms with van der Waals surface area (Å²) in [7, 11) is 2.09. The number of nitrogens with one attached hydrogen (secondary N) is 1. The number of hydrogen-bond donors (Lipinski definition) is 1. The summed E-state index contributed by atoms with van der Waals surface area (Å²) in [4.78, 5) is 34.2. The van der Waals surface area contributed by atoms with E-state index in [1.54, 1.807) is 11.3 Å². The largest absolute Gasteiger partial charge is 0.367 e. The molecule has 1 aromatic carbocycles. The van der Waals surface area contributed by atoms with Crippen molar-refractivity contribution in [2.45, 2.75) is 39.8 Å². The zero-order chi connectivity index (χ0) is 27.5. The van der Waals surface area contributed by atoms with Crippen LogP contribution < -0.4 is 5.32 Å². The maximum atomic E-state index is 13.0. The van der Waals surface area contributed by atoms with Crippen LogP contribution in [0.3, 0.4) is 0 Å². The van der Waals surface area contributed by atoms with Crippen molar-refractivity contribution >= 4 is 34.2 Å². The number of rotatable bonds is 9. The highest BCUT2D eigenvalue weighted by Gasteiger charge is 2.21. The third-order valence-electron chi connectivity index (χ3n) is 7.35. The second-order valence-electron chi connectivity index (χ2n) is 10.7. The molecule has 0 aliphatic carbocycles. The Morgan fingerprint density at radius 2 is 1.74 bits per heavy atom. The third kappa shape index (κ3) is 5.98. The number of amides is 1. The number of imidazole rings is 1. The Morgan fingerprint density at radius 1 is 1.03 bits per heavy atom. The monoisotopic (exact) mass is 546 g/mol. The van der Waals surface area contributed by atoms with Crippen molar-refractivity contribution in [3.05, 3.63) is 53.0 Å². The van der Waals surface area contributed by atoms with Gasteiger partial charge in [0.05, 0.1) is 5.69 Å². The van der Waals surface area contributed by atoms with Crippen molar-refractivity contribution in [2.75, 3.05) is 51.6 Å². The number of aromatic nitrogens is 4. The first kappa shape index (κ1) is 27.2. The Balaban J connectivity index is 1.44. The van der Waals surface area contributed by atoms with Gasteiger partial charge in [0.2, 0.25) is 0 Å². The van der Waals surface area contributed by atoms with E-state index < -0.39 is 0 Å². The number of fused-ring (bicyclic) bond motifs is 1. The van der Waals surface area contributed by atoms with Crippen molar-refractivity contribution in [3.63, 3.8) is 0 Å². The fraction of sp³-hybridized carbons (Fsp3) is 0.448. The van der Waals surface area contributed by atoms with E-state index in [1.165, 1.54) is 0 Å². The summed E-state index contributed by atoms with van der Waals surface area (Å²) in [5, 5.41) is 7.67. The lowest BCUT2D eigenvalue weighted by Gasteiger charge is -2.32. The smallest absolute Gasteiger partial charge is 0.253 e. The summed E-state index contributed by atoms with van der Waals surface area (Å²) < 4.78 is 2.00. The van der Waals surface area contributed by atoms with Gasteiger partial charge in [-0.25, -0.2) is 15.0 Å². The number of thiophene rings is 1. The van der Waals surface area contributed by atoms with Crippen molar-refractivity contribution < 1.29 is 4.79 Å². The molecule has 39 heavy (non-hydrogen) atoms. The molecule has 1 aliphatic heterocycles. The normalized spacial score (nSPS) is 14.7.